The maximum absolute atomic E-state index is 10.5. The molecule has 0 amide bonds. The Morgan fingerprint density at radius 1 is 1.40 bits per heavy atom. The van der Waals surface area contributed by atoms with Crippen LogP contribution in [-0.4, -0.2) is 27.1 Å². The zero-order valence-corrected chi connectivity index (χ0v) is 10.2. The first-order chi connectivity index (χ1) is 3.72. The van der Waals surface area contributed by atoms with E-state index in [1.54, 1.807) is 4.31 Å². The number of hydrogen-bond acceptors (Lipinski definition) is 2. The molecule has 6 heteroatoms. The van der Waals surface area contributed by atoms with E-state index < -0.39 is 10.0 Å². The maximum Gasteiger partial charge on any atom is 1.00 e. The number of rotatable bonds is 3. The van der Waals surface area contributed by atoms with Crippen LogP contribution < -0.4 is 29.6 Å². The van der Waals surface area contributed by atoms with Crippen molar-refractivity contribution in [3.8, 4) is 0 Å². The molecule has 0 aliphatic carbocycles. The molecule has 0 radical (unpaired) electrons. The van der Waals surface area contributed by atoms with Crippen molar-refractivity contribution in [3.63, 3.8) is 0 Å². The van der Waals surface area contributed by atoms with Gasteiger partial charge in [0.2, 0.25) is 0 Å². The Bertz CT molecular complexity index is 89.3. The topological polar surface area (TPSA) is 51.8 Å². The second-order valence-electron chi connectivity index (χ2n) is 1.33. The van der Waals surface area contributed by atoms with Crippen LogP contribution in [0.4, 0.5) is 0 Å². The van der Waals surface area contributed by atoms with Crippen LogP contribution in [-0.2, 0) is 21.7 Å². The smallest absolute Gasteiger partial charge is 0.666 e. The zero-order chi connectivity index (χ0) is 6.57. The maximum atomic E-state index is 10.5. The summed E-state index contributed by atoms with van der Waals surface area (Å²) in [5.41, 5.74) is 0. The van der Waals surface area contributed by atoms with E-state index in [1.165, 1.54) is 0 Å². The third-order valence-electron chi connectivity index (χ3n) is 0.916. The average molecular weight is 193 g/mol. The molecular weight excluding hydrogens is 181 g/mol. The van der Waals surface area contributed by atoms with Gasteiger partial charge in [0.05, 0.1) is 0 Å². The molecule has 10 heavy (non-hydrogen) atoms. The van der Waals surface area contributed by atoms with Crippen molar-refractivity contribution in [2.75, 3.05) is 13.1 Å². The molecule has 0 aliphatic heterocycles. The van der Waals surface area contributed by atoms with Gasteiger partial charge in [0.1, 0.15) is 0 Å². The van der Waals surface area contributed by atoms with Crippen LogP contribution in [0.15, 0.2) is 0 Å². The zero-order valence-electron chi connectivity index (χ0n) is 6.59. The van der Waals surface area contributed by atoms with Gasteiger partial charge < -0.3 is 17.1 Å². The van der Waals surface area contributed by atoms with E-state index >= 15 is 0 Å². The normalized spacial score (nSPS) is 11.6. The molecule has 3 nitrogen and oxygen atoms in total. The van der Waals surface area contributed by atoms with Crippen molar-refractivity contribution in [1.82, 2.24) is 4.31 Å². The van der Waals surface area contributed by atoms with Gasteiger partial charge in [-0.15, -0.1) is 0 Å². The molecule has 0 spiro atoms. The van der Waals surface area contributed by atoms with E-state index in [0.29, 0.717) is 0 Å². The van der Waals surface area contributed by atoms with E-state index in [-0.39, 0.29) is 35.0 Å². The molecule has 2 N–H and O–H groups in total. The van der Waals surface area contributed by atoms with Gasteiger partial charge in [-0.2, -0.15) is 0 Å². The van der Waals surface area contributed by atoms with Gasteiger partial charge >= 0.3 is 29.6 Å². The largest absolute Gasteiger partial charge is 1.00 e. The van der Waals surface area contributed by atoms with Crippen LogP contribution in [0.1, 0.15) is 13.8 Å². The molecule has 58 valence electrons. The Labute approximate surface area is 91.6 Å². The minimum Gasteiger partial charge on any atom is -0.666 e. The predicted molar refractivity (Wildman–Crippen MR) is 42.0 cm³/mol. The molecule has 0 aromatic carbocycles. The third kappa shape index (κ3) is 7.53. The van der Waals surface area contributed by atoms with Crippen LogP contribution in [0.3, 0.4) is 0 Å². The summed E-state index contributed by atoms with van der Waals surface area (Å²) < 4.78 is 12.2. The Hall–Kier alpha value is 1.42. The molecule has 0 bridgehead atoms. The van der Waals surface area contributed by atoms with Crippen molar-refractivity contribution in [2.24, 2.45) is 0 Å². The second-order valence-corrected chi connectivity index (χ2v) is 3.14. The molecule has 0 aliphatic rings. The minimum absolute atomic E-state index is 0. The van der Waals surface area contributed by atoms with Crippen molar-refractivity contribution in [3.05, 3.63) is 0 Å². The van der Waals surface area contributed by atoms with Crippen LogP contribution in [0.25, 0.3) is 0 Å². The van der Waals surface area contributed by atoms with E-state index in [1.807, 2.05) is 13.8 Å². The first-order valence-corrected chi connectivity index (χ1v) is 4.59. The fourth-order valence-corrected chi connectivity index (χ4v) is 1.49. The van der Waals surface area contributed by atoms with Crippen molar-refractivity contribution in [2.45, 2.75) is 13.8 Å². The Morgan fingerprint density at radius 2 is 1.70 bits per heavy atom. The Balaban J connectivity index is -0.000000245. The number of hydrogen-bond donors (Lipinski definition) is 0. The first-order valence-electron chi connectivity index (χ1n) is 2.56. The molecule has 0 saturated carbocycles. The summed E-state index contributed by atoms with van der Waals surface area (Å²) in [6.07, 6.45) is 0. The average Bonchev–Trinajstić information content (AvgIpc) is 1.69. The van der Waals surface area contributed by atoms with Crippen LogP contribution in [0.2, 0.25) is 0 Å². The van der Waals surface area contributed by atoms with Crippen molar-refractivity contribution < 1.29 is 39.2 Å². The van der Waals surface area contributed by atoms with Gasteiger partial charge in [0.15, 0.2) is 0 Å². The quantitative estimate of drug-likeness (QED) is 0.267. The Morgan fingerprint density at radius 3 is 1.70 bits per heavy atom. The molecular formula is C4H12NNaO2S2. The van der Waals surface area contributed by atoms with Gasteiger partial charge in [-0.3, -0.25) is 4.21 Å². The van der Waals surface area contributed by atoms with Gasteiger partial charge in [0.25, 0.3) is 0 Å². The monoisotopic (exact) mass is 193 g/mol. The van der Waals surface area contributed by atoms with Crippen molar-refractivity contribution >= 4 is 21.7 Å². The number of nitrogens with zero attached hydrogens (tertiary/aromatic N) is 1. The molecule has 0 heterocycles. The molecule has 1 atom stereocenters. The van der Waals surface area contributed by atoms with Crippen LogP contribution in [0.5, 0.6) is 0 Å². The van der Waals surface area contributed by atoms with Gasteiger partial charge in [0, 0.05) is 13.1 Å². The summed E-state index contributed by atoms with van der Waals surface area (Å²) in [6.45, 7) is 5.42. The van der Waals surface area contributed by atoms with E-state index in [2.05, 4.69) is 11.7 Å². The SMILES string of the molecule is CCN(CC)S(=O)[S-].O.[Na+]. The van der Waals surface area contributed by atoms with Crippen molar-refractivity contribution in [1.29, 1.82) is 0 Å². The van der Waals surface area contributed by atoms with Crippen LogP contribution in [0, 0.1) is 0 Å². The van der Waals surface area contributed by atoms with Gasteiger partial charge in [-0.25, -0.2) is 4.31 Å². The van der Waals surface area contributed by atoms with Gasteiger partial charge in [-0.1, -0.05) is 13.8 Å². The Kier molecular flexibility index (Phi) is 18.2. The van der Waals surface area contributed by atoms with E-state index in [9.17, 15) is 4.21 Å². The summed E-state index contributed by atoms with van der Waals surface area (Å²) in [5.74, 6) is 0. The molecule has 0 saturated heterocycles. The molecule has 0 rings (SSSR count). The van der Waals surface area contributed by atoms with E-state index in [0.717, 1.165) is 13.1 Å². The molecule has 1 unspecified atom stereocenters. The summed E-state index contributed by atoms with van der Waals surface area (Å²) in [4.78, 5) is 0. The predicted octanol–water partition coefficient (Wildman–Crippen LogP) is -3.37. The standard InChI is InChI=1S/C4H11NOS2.Na.H2O/c1-3-5(4-2)8(6)7;;/h3-4H2,1-2H3,(H,6,7);;1H2/q;+1;/p-1. The molecule has 0 fully saturated rings. The first kappa shape index (κ1) is 17.5. The molecule has 0 aromatic rings. The van der Waals surface area contributed by atoms with Gasteiger partial charge in [-0.05, 0) is 10.0 Å². The summed E-state index contributed by atoms with van der Waals surface area (Å²) >= 11 is 4.50. The summed E-state index contributed by atoms with van der Waals surface area (Å²) in [7, 11) is -1.19. The second kappa shape index (κ2) is 10.4. The summed E-state index contributed by atoms with van der Waals surface area (Å²) in [5, 5.41) is 0. The third-order valence-corrected chi connectivity index (χ3v) is 2.49. The summed E-state index contributed by atoms with van der Waals surface area (Å²) in [6, 6.07) is 0. The van der Waals surface area contributed by atoms with E-state index in [4.69, 9.17) is 0 Å². The molecule has 0 aromatic heterocycles. The van der Waals surface area contributed by atoms with Crippen LogP contribution >= 0.6 is 0 Å². The fraction of sp³-hybridized carbons (Fsp3) is 1.00. The fourth-order valence-electron chi connectivity index (χ4n) is 0.434. The minimum atomic E-state index is -1.19.